The Kier molecular flexibility index (Phi) is 7.18. The molecule has 0 radical (unpaired) electrons. The van der Waals surface area contributed by atoms with Crippen molar-refractivity contribution < 1.29 is 56.2 Å². The van der Waals surface area contributed by atoms with Gasteiger partial charge in [0, 0.05) is 0 Å². The van der Waals surface area contributed by atoms with Gasteiger partial charge in [-0.1, -0.05) is 0 Å². The second kappa shape index (κ2) is 9.50. The number of aromatic hydroxyl groups is 1. The van der Waals surface area contributed by atoms with E-state index in [0.717, 1.165) is 0 Å². The molecule has 4 atom stereocenters. The van der Waals surface area contributed by atoms with E-state index in [0.29, 0.717) is 14.2 Å². The van der Waals surface area contributed by atoms with Crippen molar-refractivity contribution in [3.05, 3.63) is 34.6 Å². The molecule has 1 aromatic carbocycles. The monoisotopic (exact) mass is 638 g/mol. The number of non-ortho nitro benzene ring substituents is 1. The first-order valence-electron chi connectivity index (χ1n) is 8.73. The fourth-order valence-electron chi connectivity index (χ4n) is 2.89. The van der Waals surface area contributed by atoms with E-state index in [1.54, 1.807) is 0 Å². The van der Waals surface area contributed by atoms with Crippen LogP contribution in [-0.2, 0) is 43.5 Å². The summed E-state index contributed by atoms with van der Waals surface area (Å²) in [6.45, 7) is -0.412. The van der Waals surface area contributed by atoms with Gasteiger partial charge in [0.1, 0.15) is 23.8 Å². The van der Waals surface area contributed by atoms with Crippen LogP contribution in [0, 0.1) is 10.1 Å². The number of nitrogens with two attached hydrogens (primary N) is 1. The number of hydrogen-bond acceptors (Lipinski definition) is 12. The Morgan fingerprint density at radius 1 is 1.32 bits per heavy atom. The Bertz CT molecular complexity index is 1120. The Morgan fingerprint density at radius 2 is 2.03 bits per heavy atom. The second-order valence-electron chi connectivity index (χ2n) is 6.51. The van der Waals surface area contributed by atoms with Gasteiger partial charge in [-0.2, -0.15) is 4.98 Å². The zero-order valence-corrected chi connectivity index (χ0v) is 22.1. The number of imidazole rings is 1. The van der Waals surface area contributed by atoms with Crippen molar-refractivity contribution in [1.29, 1.82) is 0 Å². The van der Waals surface area contributed by atoms with Crippen LogP contribution in [0.5, 0.6) is 5.75 Å². The van der Waals surface area contributed by atoms with Crippen molar-refractivity contribution in [3.63, 3.8) is 0 Å². The molecule has 4 unspecified atom stereocenters. The Labute approximate surface area is 196 Å². The van der Waals surface area contributed by atoms with Crippen molar-refractivity contribution >= 4 is 38.5 Å². The molecule has 1 aliphatic rings. The first-order chi connectivity index (χ1) is 14.6. The van der Waals surface area contributed by atoms with Crippen molar-refractivity contribution in [3.8, 4) is 5.75 Å². The molecule has 1 aliphatic heterocycles. The van der Waals surface area contributed by atoms with Crippen molar-refractivity contribution in [2.45, 2.75) is 29.6 Å². The number of anilines is 1. The average molecular weight is 637 g/mol. The summed E-state index contributed by atoms with van der Waals surface area (Å²) in [5, 5.41) is 48.3. The van der Waals surface area contributed by atoms with Crippen LogP contribution in [0.15, 0.2) is 29.6 Å². The zero-order chi connectivity index (χ0) is 22.9. The zero-order valence-electron chi connectivity index (χ0n) is 15.8. The quantitative estimate of drug-likeness (QED) is 0.0725. The molecule has 4 rings (SSSR count). The van der Waals surface area contributed by atoms with Gasteiger partial charge in [0.05, 0.1) is 12.9 Å². The number of aromatic nitrogens is 4. The molecule has 13 nitrogen and oxygen atoms in total. The minimum absolute atomic E-state index is 0.0176. The first-order valence-corrected chi connectivity index (χ1v) is 11.9. The summed E-state index contributed by atoms with van der Waals surface area (Å²) in [5.74, 6) is 0.148. The van der Waals surface area contributed by atoms with Gasteiger partial charge >= 0.3 is 79.0 Å². The van der Waals surface area contributed by atoms with Gasteiger partial charge in [0.25, 0.3) is 0 Å². The summed E-state index contributed by atoms with van der Waals surface area (Å²) in [4.78, 5) is 21.6. The average Bonchev–Trinajstić information content (AvgIpc) is 3.25. The summed E-state index contributed by atoms with van der Waals surface area (Å²) in [6, 6.07) is 4.07. The SMILES string of the molecule is Nc1nc([S-])c2ncn(C3OC(CO)C(O)C3O)c2n1.O=[N+]([O-])c1ccc(O)[c]([Hg+])c1. The molecule has 3 aromatic rings. The number of nitrogens with zero attached hydrogens (tertiary/aromatic N) is 5. The molecule has 0 amide bonds. The van der Waals surface area contributed by atoms with Crippen molar-refractivity contribution in [2.24, 2.45) is 0 Å². The molecule has 31 heavy (non-hydrogen) atoms. The van der Waals surface area contributed by atoms with Gasteiger partial charge in [-0.25, -0.2) is 9.97 Å². The number of phenols is 1. The molecular weight excluding hydrogens is 621 g/mol. The number of nitro benzene ring substituents is 1. The molecule has 3 heterocycles. The molecule has 15 heteroatoms. The molecule has 0 spiro atoms. The topological polar surface area (TPSA) is 203 Å². The van der Waals surface area contributed by atoms with Crippen LogP contribution < -0.4 is 8.81 Å². The predicted molar refractivity (Wildman–Crippen MR) is 103 cm³/mol. The van der Waals surface area contributed by atoms with E-state index in [-0.39, 0.29) is 48.5 Å². The van der Waals surface area contributed by atoms with E-state index in [2.05, 4.69) is 15.0 Å². The van der Waals surface area contributed by atoms with E-state index in [1.807, 2.05) is 0 Å². The van der Waals surface area contributed by atoms with Crippen LogP contribution >= 0.6 is 0 Å². The van der Waals surface area contributed by atoms with E-state index in [1.165, 1.54) is 29.1 Å². The van der Waals surface area contributed by atoms with Crippen LogP contribution in [0.25, 0.3) is 11.2 Å². The number of aliphatic hydroxyl groups excluding tert-OH is 3. The summed E-state index contributed by atoms with van der Waals surface area (Å²) in [5.41, 5.74) is 6.25. The molecule has 160 valence electrons. The number of ether oxygens (including phenoxy) is 1. The molecule has 6 N–H and O–H groups in total. The molecule has 2 aromatic heterocycles. The summed E-state index contributed by atoms with van der Waals surface area (Å²) in [6.07, 6.45) is -2.88. The standard InChI is InChI=1S/C10H13N5O4S.C6H4NO3.Hg/c11-10-13-7-4(8(20)14-10)12-2-15(7)9-6(18)5(17)3(1-16)19-9;8-6-3-1-5(2-4-6)7(9)10;/h2-3,5-6,9,16-18H,1H2,(H3,11,13,14,20);1-3,8H;/q;;+1/p-1. The minimum atomic E-state index is -1.23. The Hall–Kier alpha value is -2.23. The number of phenolic OH excluding ortho intramolecular Hbond substituents is 1. The molecule has 0 saturated carbocycles. The van der Waals surface area contributed by atoms with Crippen LogP contribution in [0.2, 0.25) is 0 Å². The van der Waals surface area contributed by atoms with E-state index < -0.39 is 36.1 Å². The normalized spacial score (nSPS) is 22.9. The van der Waals surface area contributed by atoms with Crippen LogP contribution in [-0.4, -0.2) is 69.8 Å². The summed E-state index contributed by atoms with van der Waals surface area (Å²) < 4.78 is 7.52. The maximum atomic E-state index is 10.2. The number of aliphatic hydroxyl groups is 3. The number of nitrogen functional groups attached to an aromatic ring is 1. The predicted octanol–water partition coefficient (Wildman–Crippen LogP) is -1.60. The second-order valence-corrected chi connectivity index (χ2v) is 9.86. The Balaban J connectivity index is 0.000000210. The third-order valence-electron chi connectivity index (χ3n) is 4.47. The first kappa shape index (κ1) is 23.4. The fourth-order valence-corrected chi connectivity index (χ4v) is 4.40. The van der Waals surface area contributed by atoms with Gasteiger partial charge in [0.15, 0.2) is 11.9 Å². The maximum absolute atomic E-state index is 10.2. The number of hydrogen-bond donors (Lipinski definition) is 5. The number of benzene rings is 1. The van der Waals surface area contributed by atoms with Gasteiger partial charge in [-0.15, -0.1) is 0 Å². The molecule has 0 bridgehead atoms. The van der Waals surface area contributed by atoms with Crippen LogP contribution in [0.4, 0.5) is 11.6 Å². The summed E-state index contributed by atoms with van der Waals surface area (Å²) >= 11 is 5.25. The van der Waals surface area contributed by atoms with Crippen LogP contribution in [0.3, 0.4) is 0 Å². The fraction of sp³-hybridized carbons (Fsp3) is 0.312. The molecular formula is C16H16HgN6O7S. The number of nitro groups is 1. The van der Waals surface area contributed by atoms with Gasteiger partial charge in [-0.3, -0.25) is 4.57 Å². The van der Waals surface area contributed by atoms with E-state index in [4.69, 9.17) is 33.3 Å². The van der Waals surface area contributed by atoms with E-state index in [9.17, 15) is 20.3 Å². The van der Waals surface area contributed by atoms with Crippen molar-refractivity contribution in [2.75, 3.05) is 12.3 Å². The number of fused-ring (bicyclic) bond motifs is 1. The van der Waals surface area contributed by atoms with Gasteiger partial charge < -0.3 is 38.4 Å². The van der Waals surface area contributed by atoms with Gasteiger partial charge in [0.2, 0.25) is 5.95 Å². The molecule has 0 aliphatic carbocycles. The third kappa shape index (κ3) is 4.83. The number of rotatable bonds is 3. The Morgan fingerprint density at radius 3 is 2.61 bits per heavy atom. The third-order valence-corrected chi connectivity index (χ3v) is 6.96. The molecule has 1 fully saturated rings. The van der Waals surface area contributed by atoms with Gasteiger partial charge in [-0.05, 0) is 5.03 Å². The summed E-state index contributed by atoms with van der Waals surface area (Å²) in [7, 11) is 0. The van der Waals surface area contributed by atoms with E-state index >= 15 is 0 Å². The molecule has 1 saturated heterocycles. The van der Waals surface area contributed by atoms with Crippen LogP contribution in [0.1, 0.15) is 6.23 Å². The van der Waals surface area contributed by atoms with Crippen molar-refractivity contribution in [1.82, 2.24) is 19.5 Å².